The molecule has 2 unspecified atom stereocenters. The van der Waals surface area contributed by atoms with Crippen molar-refractivity contribution in [1.82, 2.24) is 0 Å². The molecule has 17 heavy (non-hydrogen) atoms. The van der Waals surface area contributed by atoms with E-state index in [1.807, 2.05) is 0 Å². The van der Waals surface area contributed by atoms with Crippen molar-refractivity contribution in [3.05, 3.63) is 48.0 Å². The molecule has 0 N–H and O–H groups in total. The Balaban J connectivity index is 1.91. The molecule has 0 bridgehead atoms. The summed E-state index contributed by atoms with van der Waals surface area (Å²) in [7, 11) is 0. The summed E-state index contributed by atoms with van der Waals surface area (Å²) < 4.78 is 0.594. The van der Waals surface area contributed by atoms with E-state index >= 15 is 0 Å². The normalized spacial score (nSPS) is 24.3. The van der Waals surface area contributed by atoms with Crippen molar-refractivity contribution in [2.75, 3.05) is 11.5 Å². The first-order chi connectivity index (χ1) is 8.36. The number of hydrogen-bond acceptors (Lipinski definition) is 3. The van der Waals surface area contributed by atoms with E-state index in [0.29, 0.717) is 9.83 Å². The topological polar surface area (TPSA) is 0 Å². The first-order valence-electron chi connectivity index (χ1n) is 5.73. The average Bonchev–Trinajstić information content (AvgIpc) is 2.87. The van der Waals surface area contributed by atoms with Crippen LogP contribution >= 0.6 is 36.2 Å². The molecule has 0 amide bonds. The molecule has 1 aliphatic heterocycles. The summed E-state index contributed by atoms with van der Waals surface area (Å²) in [4.78, 5) is 0. The fourth-order valence-electron chi connectivity index (χ4n) is 2.07. The van der Waals surface area contributed by atoms with Gasteiger partial charge >= 0.3 is 0 Å². The van der Waals surface area contributed by atoms with Gasteiger partial charge in [-0.2, -0.15) is 12.6 Å². The van der Waals surface area contributed by atoms with Crippen LogP contribution in [0.2, 0.25) is 0 Å². The summed E-state index contributed by atoms with van der Waals surface area (Å²) in [6, 6.07) is 15.4. The molecule has 1 fully saturated rings. The van der Waals surface area contributed by atoms with Crippen molar-refractivity contribution in [3.63, 3.8) is 0 Å². The Morgan fingerprint density at radius 2 is 1.94 bits per heavy atom. The van der Waals surface area contributed by atoms with Crippen LogP contribution in [0.15, 0.2) is 42.5 Å². The Labute approximate surface area is 116 Å². The average molecular weight is 278 g/mol. The maximum absolute atomic E-state index is 4.39. The van der Waals surface area contributed by atoms with E-state index < -0.39 is 0 Å². The second kappa shape index (κ2) is 5.17. The van der Waals surface area contributed by atoms with Gasteiger partial charge in [-0.3, -0.25) is 0 Å². The van der Waals surface area contributed by atoms with Crippen LogP contribution in [0, 0.1) is 0 Å². The number of hydrogen-bond donors (Lipinski definition) is 1. The van der Waals surface area contributed by atoms with Gasteiger partial charge in [-0.15, -0.1) is 23.5 Å². The molecule has 2 atom stereocenters. The minimum atomic E-state index is 0.594. The summed E-state index contributed by atoms with van der Waals surface area (Å²) in [5, 5.41) is 3.38. The Hall–Kier alpha value is -0.250. The molecule has 0 aromatic heterocycles. The van der Waals surface area contributed by atoms with Gasteiger partial charge in [0, 0.05) is 16.8 Å². The molecule has 1 aliphatic rings. The fourth-order valence-corrected chi connectivity index (χ4v) is 5.79. The lowest BCUT2D eigenvalue weighted by Crippen LogP contribution is -2.01. The molecule has 1 heterocycles. The van der Waals surface area contributed by atoms with Gasteiger partial charge in [0.2, 0.25) is 0 Å². The molecule has 88 valence electrons. The van der Waals surface area contributed by atoms with Gasteiger partial charge in [-0.1, -0.05) is 36.4 Å². The minimum Gasteiger partial charge on any atom is -0.178 e. The number of rotatable bonds is 2. The van der Waals surface area contributed by atoms with Gasteiger partial charge in [0.15, 0.2) is 0 Å². The van der Waals surface area contributed by atoms with Crippen LogP contribution < -0.4 is 0 Å². The van der Waals surface area contributed by atoms with E-state index in [1.165, 1.54) is 22.1 Å². The summed E-state index contributed by atoms with van der Waals surface area (Å²) in [6.07, 6.45) is 0. The predicted octanol–water partition coefficient (Wildman–Crippen LogP) is 4.62. The highest BCUT2D eigenvalue weighted by Crippen LogP contribution is 2.49. The van der Waals surface area contributed by atoms with Crippen LogP contribution in [0.25, 0.3) is 10.8 Å². The minimum absolute atomic E-state index is 0.594. The molecule has 0 aliphatic carbocycles. The SMILES string of the molecule is SCC1CSC(c2ccc3ccccc3c2)S1. The molecular formula is C14H14S3. The molecule has 3 heteroatoms. The maximum Gasteiger partial charge on any atom is 0.0755 e. The van der Waals surface area contributed by atoms with Gasteiger partial charge in [-0.25, -0.2) is 0 Å². The summed E-state index contributed by atoms with van der Waals surface area (Å²) in [5.74, 6) is 2.22. The van der Waals surface area contributed by atoms with E-state index in [4.69, 9.17) is 0 Å². The quantitative estimate of drug-likeness (QED) is 0.796. The lowest BCUT2D eigenvalue weighted by atomic mass is 10.1. The highest BCUT2D eigenvalue weighted by Gasteiger charge is 2.26. The third kappa shape index (κ3) is 2.47. The smallest absolute Gasteiger partial charge is 0.0755 e. The van der Waals surface area contributed by atoms with Gasteiger partial charge in [-0.05, 0) is 22.4 Å². The zero-order valence-corrected chi connectivity index (χ0v) is 11.9. The molecule has 0 saturated carbocycles. The second-order valence-electron chi connectivity index (χ2n) is 4.21. The molecule has 2 aromatic rings. The van der Waals surface area contributed by atoms with E-state index in [-0.39, 0.29) is 0 Å². The number of thiol groups is 1. The van der Waals surface area contributed by atoms with Crippen LogP contribution in [0.3, 0.4) is 0 Å². The zero-order valence-electron chi connectivity index (χ0n) is 9.37. The van der Waals surface area contributed by atoms with E-state index in [0.717, 1.165) is 5.75 Å². The Morgan fingerprint density at radius 3 is 2.71 bits per heavy atom. The monoisotopic (exact) mass is 278 g/mol. The van der Waals surface area contributed by atoms with Crippen LogP contribution in [-0.2, 0) is 0 Å². The highest BCUT2D eigenvalue weighted by molar-refractivity contribution is 8.20. The molecule has 0 radical (unpaired) electrons. The van der Waals surface area contributed by atoms with Crippen molar-refractivity contribution in [1.29, 1.82) is 0 Å². The third-order valence-corrected chi connectivity index (χ3v) is 7.05. The van der Waals surface area contributed by atoms with E-state index in [2.05, 4.69) is 78.6 Å². The fraction of sp³-hybridized carbons (Fsp3) is 0.286. The summed E-state index contributed by atoms with van der Waals surface area (Å²) in [5.41, 5.74) is 1.45. The molecular weight excluding hydrogens is 264 g/mol. The van der Waals surface area contributed by atoms with Crippen molar-refractivity contribution in [2.24, 2.45) is 0 Å². The number of thioether (sulfide) groups is 2. The van der Waals surface area contributed by atoms with Crippen LogP contribution in [-0.4, -0.2) is 16.8 Å². The van der Waals surface area contributed by atoms with Crippen molar-refractivity contribution < 1.29 is 0 Å². The maximum atomic E-state index is 4.39. The largest absolute Gasteiger partial charge is 0.178 e. The van der Waals surface area contributed by atoms with Crippen molar-refractivity contribution >= 4 is 46.9 Å². The zero-order chi connectivity index (χ0) is 11.7. The van der Waals surface area contributed by atoms with Crippen LogP contribution in [0.4, 0.5) is 0 Å². The molecule has 0 nitrogen and oxygen atoms in total. The lowest BCUT2D eigenvalue weighted by Gasteiger charge is -2.10. The number of benzene rings is 2. The Bertz CT molecular complexity index is 524. The van der Waals surface area contributed by atoms with Crippen LogP contribution in [0.1, 0.15) is 10.1 Å². The van der Waals surface area contributed by atoms with E-state index in [9.17, 15) is 0 Å². The first kappa shape index (κ1) is 11.8. The molecule has 1 saturated heterocycles. The Kier molecular flexibility index (Phi) is 3.59. The molecule has 0 spiro atoms. The lowest BCUT2D eigenvalue weighted by molar-refractivity contribution is 1.17. The summed E-state index contributed by atoms with van der Waals surface area (Å²) in [6.45, 7) is 0. The standard InChI is InChI=1S/C14H14S3/c15-8-13-9-16-14(17-13)12-6-5-10-3-1-2-4-11(10)7-12/h1-7,13-15H,8-9H2. The predicted molar refractivity (Wildman–Crippen MR) is 84.4 cm³/mol. The molecule has 2 aromatic carbocycles. The van der Waals surface area contributed by atoms with Gasteiger partial charge < -0.3 is 0 Å². The Morgan fingerprint density at radius 1 is 1.12 bits per heavy atom. The van der Waals surface area contributed by atoms with E-state index in [1.54, 1.807) is 0 Å². The van der Waals surface area contributed by atoms with Crippen molar-refractivity contribution in [2.45, 2.75) is 9.83 Å². The second-order valence-corrected chi connectivity index (χ2v) is 7.42. The van der Waals surface area contributed by atoms with Crippen LogP contribution in [0.5, 0.6) is 0 Å². The molecule has 3 rings (SSSR count). The number of fused-ring (bicyclic) bond motifs is 1. The highest BCUT2D eigenvalue weighted by atomic mass is 32.2. The van der Waals surface area contributed by atoms with Gasteiger partial charge in [0.1, 0.15) is 0 Å². The van der Waals surface area contributed by atoms with Gasteiger partial charge in [0.25, 0.3) is 0 Å². The van der Waals surface area contributed by atoms with Crippen molar-refractivity contribution in [3.8, 4) is 0 Å². The summed E-state index contributed by atoms with van der Waals surface area (Å²) >= 11 is 8.50. The first-order valence-corrected chi connectivity index (χ1v) is 8.36. The third-order valence-electron chi connectivity index (χ3n) is 3.00. The van der Waals surface area contributed by atoms with Gasteiger partial charge in [0.05, 0.1) is 4.58 Å².